The Morgan fingerprint density at radius 3 is 2.26 bits per heavy atom. The molecule has 2 heterocycles. The van der Waals surface area contributed by atoms with Crippen molar-refractivity contribution in [1.82, 2.24) is 4.98 Å². The van der Waals surface area contributed by atoms with E-state index in [1.54, 1.807) is 12.1 Å². The fourth-order valence-corrected chi connectivity index (χ4v) is 2.35. The van der Waals surface area contributed by atoms with E-state index in [2.05, 4.69) is 4.98 Å². The summed E-state index contributed by atoms with van der Waals surface area (Å²) < 4.78 is 25.4. The molecule has 0 amide bonds. The summed E-state index contributed by atoms with van der Waals surface area (Å²) in [6.07, 6.45) is 1.54. The molecule has 0 saturated carbocycles. The first kappa shape index (κ1) is 15.2. The van der Waals surface area contributed by atoms with Gasteiger partial charge in [-0.25, -0.2) is 9.59 Å². The van der Waals surface area contributed by atoms with E-state index in [0.29, 0.717) is 10.9 Å². The molecule has 3 rings (SSSR count). The molecular formula is C15H13NO7. The van der Waals surface area contributed by atoms with Crippen LogP contribution < -0.4 is 9.47 Å². The summed E-state index contributed by atoms with van der Waals surface area (Å²) in [5, 5.41) is 0.501. The van der Waals surface area contributed by atoms with E-state index >= 15 is 0 Å². The van der Waals surface area contributed by atoms with Gasteiger partial charge in [0.1, 0.15) is 22.4 Å². The zero-order chi connectivity index (χ0) is 16.4. The average Bonchev–Trinajstić information content (AvgIpc) is 2.85. The molecule has 1 aromatic heterocycles. The number of esters is 2. The molecular weight excluding hydrogens is 306 g/mol. The van der Waals surface area contributed by atoms with Crippen LogP contribution in [0.4, 0.5) is 0 Å². The van der Waals surface area contributed by atoms with Gasteiger partial charge in [0.2, 0.25) is 0 Å². The van der Waals surface area contributed by atoms with Crippen LogP contribution in [0.15, 0.2) is 18.3 Å². The van der Waals surface area contributed by atoms with Gasteiger partial charge in [-0.15, -0.1) is 0 Å². The van der Waals surface area contributed by atoms with Crippen molar-refractivity contribution in [2.75, 3.05) is 27.8 Å². The van der Waals surface area contributed by atoms with Gasteiger partial charge in [0.15, 0.2) is 19.3 Å². The van der Waals surface area contributed by atoms with E-state index in [9.17, 15) is 9.59 Å². The highest BCUT2D eigenvalue weighted by Gasteiger charge is 2.39. The number of rotatable bonds is 6. The molecule has 2 aromatic rings. The van der Waals surface area contributed by atoms with Crippen LogP contribution in [0, 0.1) is 0 Å². The van der Waals surface area contributed by atoms with Crippen molar-refractivity contribution in [1.29, 1.82) is 0 Å². The van der Waals surface area contributed by atoms with Crippen molar-refractivity contribution in [3.63, 3.8) is 0 Å². The van der Waals surface area contributed by atoms with E-state index in [0.717, 1.165) is 0 Å². The zero-order valence-electron chi connectivity index (χ0n) is 12.5. The van der Waals surface area contributed by atoms with E-state index in [1.807, 2.05) is 0 Å². The van der Waals surface area contributed by atoms with Crippen LogP contribution in [0.5, 0.6) is 11.5 Å². The predicted molar refractivity (Wildman–Crippen MR) is 76.5 cm³/mol. The third kappa shape index (κ3) is 2.47. The van der Waals surface area contributed by atoms with Gasteiger partial charge in [-0.05, 0) is 12.1 Å². The number of methoxy groups -OCH3 is 2. The minimum atomic E-state index is -0.814. The second-order valence-corrected chi connectivity index (χ2v) is 4.59. The number of hydrogen-bond acceptors (Lipinski definition) is 8. The Morgan fingerprint density at radius 2 is 1.61 bits per heavy atom. The summed E-state index contributed by atoms with van der Waals surface area (Å²) in [5.41, 5.74) is 0.337. The third-order valence-corrected chi connectivity index (χ3v) is 3.21. The van der Waals surface area contributed by atoms with Crippen molar-refractivity contribution < 1.29 is 33.3 Å². The number of nitrogens with zero attached hydrogens (tertiary/aromatic N) is 1. The number of fused-ring (bicyclic) bond motifs is 2. The highest BCUT2D eigenvalue weighted by molar-refractivity contribution is 6.21. The van der Waals surface area contributed by atoms with Crippen molar-refractivity contribution >= 4 is 22.8 Å². The normalized spacial score (nSPS) is 13.1. The zero-order valence-corrected chi connectivity index (χ0v) is 12.5. The lowest BCUT2D eigenvalue weighted by molar-refractivity contribution is 0.0417. The minimum absolute atomic E-state index is 0.00125. The van der Waals surface area contributed by atoms with Gasteiger partial charge in [0, 0.05) is 25.8 Å². The molecule has 1 aromatic carbocycles. The first-order chi connectivity index (χ1) is 11.2. The molecule has 120 valence electrons. The maximum absolute atomic E-state index is 12.1. The molecule has 1 aliphatic rings. The van der Waals surface area contributed by atoms with Gasteiger partial charge < -0.3 is 23.7 Å². The van der Waals surface area contributed by atoms with Crippen molar-refractivity contribution in [2.24, 2.45) is 0 Å². The monoisotopic (exact) mass is 319 g/mol. The molecule has 0 spiro atoms. The topological polar surface area (TPSA) is 93.2 Å². The number of ether oxygens (including phenoxy) is 5. The lowest BCUT2D eigenvalue weighted by atomic mass is 10.0. The highest BCUT2D eigenvalue weighted by atomic mass is 16.7. The summed E-state index contributed by atoms with van der Waals surface area (Å²) in [6.45, 7) is -0.214. The first-order valence-electron chi connectivity index (χ1n) is 6.63. The number of pyridine rings is 1. The standard InChI is InChI=1S/C15H13NO7/c1-19-6-21-12-8-4-3-5-16-11(8)13(22-7-20-2)10-9(12)14(17)23-15(10)18/h3-5H,6-7H2,1-2H3. The van der Waals surface area contributed by atoms with E-state index in [1.165, 1.54) is 20.4 Å². The van der Waals surface area contributed by atoms with Gasteiger partial charge in [0.05, 0.1) is 0 Å². The average molecular weight is 319 g/mol. The van der Waals surface area contributed by atoms with Gasteiger partial charge in [0.25, 0.3) is 0 Å². The smallest absolute Gasteiger partial charge is 0.350 e. The highest BCUT2D eigenvalue weighted by Crippen LogP contribution is 2.43. The second-order valence-electron chi connectivity index (χ2n) is 4.59. The summed E-state index contributed by atoms with van der Waals surface area (Å²) in [6, 6.07) is 3.37. The van der Waals surface area contributed by atoms with Crippen LogP contribution in [0.1, 0.15) is 20.7 Å². The Labute approximate surface area is 130 Å². The van der Waals surface area contributed by atoms with Gasteiger partial charge in [-0.1, -0.05) is 0 Å². The summed E-state index contributed by atoms with van der Waals surface area (Å²) in [5.74, 6) is -1.32. The summed E-state index contributed by atoms with van der Waals surface area (Å²) in [7, 11) is 2.88. The number of benzene rings is 1. The van der Waals surface area contributed by atoms with Gasteiger partial charge in [-0.3, -0.25) is 4.98 Å². The number of carbonyl (C=O) groups excluding carboxylic acids is 2. The SMILES string of the molecule is COCOc1c2c(c(OCOC)c3ncccc13)C(=O)OC2=O. The molecule has 0 unspecified atom stereocenters. The maximum atomic E-state index is 12.1. The fourth-order valence-electron chi connectivity index (χ4n) is 2.35. The number of cyclic esters (lactones) is 2. The Kier molecular flexibility index (Phi) is 4.09. The molecule has 0 saturated heterocycles. The Hall–Kier alpha value is -2.71. The summed E-state index contributed by atoms with van der Waals surface area (Å²) in [4.78, 5) is 28.3. The molecule has 0 bridgehead atoms. The quantitative estimate of drug-likeness (QED) is 0.449. The van der Waals surface area contributed by atoms with Crippen LogP contribution in [-0.2, 0) is 14.2 Å². The van der Waals surface area contributed by atoms with Gasteiger partial charge >= 0.3 is 11.9 Å². The van der Waals surface area contributed by atoms with E-state index in [4.69, 9.17) is 23.7 Å². The van der Waals surface area contributed by atoms with E-state index in [-0.39, 0.29) is 36.2 Å². The molecule has 23 heavy (non-hydrogen) atoms. The van der Waals surface area contributed by atoms with Crippen LogP contribution >= 0.6 is 0 Å². The van der Waals surface area contributed by atoms with Crippen molar-refractivity contribution in [3.05, 3.63) is 29.5 Å². The number of carbonyl (C=O) groups is 2. The lowest BCUT2D eigenvalue weighted by Gasteiger charge is -2.15. The van der Waals surface area contributed by atoms with E-state index < -0.39 is 11.9 Å². The fraction of sp³-hybridized carbons (Fsp3) is 0.267. The Bertz CT molecular complexity index is 722. The van der Waals surface area contributed by atoms with Crippen LogP contribution in [0.25, 0.3) is 10.9 Å². The van der Waals surface area contributed by atoms with Crippen LogP contribution in [0.3, 0.4) is 0 Å². The van der Waals surface area contributed by atoms with Crippen molar-refractivity contribution in [3.8, 4) is 11.5 Å². The predicted octanol–water partition coefficient (Wildman–Crippen LogP) is 1.51. The lowest BCUT2D eigenvalue weighted by Crippen LogP contribution is -2.09. The molecule has 0 aliphatic carbocycles. The molecule has 0 atom stereocenters. The van der Waals surface area contributed by atoms with Crippen LogP contribution in [-0.4, -0.2) is 44.7 Å². The van der Waals surface area contributed by atoms with Crippen molar-refractivity contribution in [2.45, 2.75) is 0 Å². The molecule has 1 aliphatic heterocycles. The maximum Gasteiger partial charge on any atom is 0.350 e. The van der Waals surface area contributed by atoms with Crippen LogP contribution in [0.2, 0.25) is 0 Å². The molecule has 8 heteroatoms. The Balaban J connectivity index is 2.32. The Morgan fingerprint density at radius 1 is 1.00 bits per heavy atom. The number of hydrogen-bond donors (Lipinski definition) is 0. The largest absolute Gasteiger partial charge is 0.466 e. The number of aromatic nitrogens is 1. The van der Waals surface area contributed by atoms with Gasteiger partial charge in [-0.2, -0.15) is 0 Å². The second kappa shape index (κ2) is 6.19. The molecule has 0 N–H and O–H groups in total. The molecule has 0 radical (unpaired) electrons. The first-order valence-corrected chi connectivity index (χ1v) is 6.63. The minimum Gasteiger partial charge on any atom is -0.466 e. The molecule has 8 nitrogen and oxygen atoms in total. The summed E-state index contributed by atoms with van der Waals surface area (Å²) >= 11 is 0. The molecule has 0 fully saturated rings. The third-order valence-electron chi connectivity index (χ3n) is 3.21.